The van der Waals surface area contributed by atoms with Gasteiger partial charge in [-0.25, -0.2) is 8.42 Å². The number of aromatic amines is 1. The van der Waals surface area contributed by atoms with Crippen molar-refractivity contribution in [3.8, 4) is 0 Å². The Bertz CT molecular complexity index is 1410. The standard InChI is InChI=1S/C22H13ClF3NO3S/c23-16-9-6-13(7-10-16)21(28)17-3-1-2-4-19(17)31(29,30)20-11-14-5-8-15(22(24,25)26)12-18(14)27-20/h1-12,27H. The summed E-state index contributed by atoms with van der Waals surface area (Å²) in [6, 6.07) is 15.8. The van der Waals surface area contributed by atoms with Gasteiger partial charge in [0.1, 0.15) is 5.03 Å². The van der Waals surface area contributed by atoms with Crippen molar-refractivity contribution < 1.29 is 26.4 Å². The van der Waals surface area contributed by atoms with Gasteiger partial charge in [0.25, 0.3) is 0 Å². The molecule has 31 heavy (non-hydrogen) atoms. The number of sulfone groups is 1. The van der Waals surface area contributed by atoms with Crippen LogP contribution in [-0.2, 0) is 16.0 Å². The van der Waals surface area contributed by atoms with Crippen molar-refractivity contribution in [3.63, 3.8) is 0 Å². The molecule has 0 atom stereocenters. The van der Waals surface area contributed by atoms with Crippen molar-refractivity contribution in [1.29, 1.82) is 0 Å². The second kappa shape index (κ2) is 7.55. The molecule has 3 aromatic carbocycles. The zero-order valence-corrected chi connectivity index (χ0v) is 17.1. The summed E-state index contributed by atoms with van der Waals surface area (Å²) in [7, 11) is -4.22. The minimum Gasteiger partial charge on any atom is -0.345 e. The molecule has 1 aromatic heterocycles. The van der Waals surface area contributed by atoms with Crippen LogP contribution in [0.4, 0.5) is 13.2 Å². The predicted molar refractivity (Wildman–Crippen MR) is 110 cm³/mol. The number of fused-ring (bicyclic) bond motifs is 1. The molecule has 0 unspecified atom stereocenters. The maximum Gasteiger partial charge on any atom is 0.416 e. The highest BCUT2D eigenvalue weighted by atomic mass is 35.5. The summed E-state index contributed by atoms with van der Waals surface area (Å²) < 4.78 is 65.5. The third kappa shape index (κ3) is 3.96. The van der Waals surface area contributed by atoms with Crippen LogP contribution in [0.5, 0.6) is 0 Å². The lowest BCUT2D eigenvalue weighted by molar-refractivity contribution is -0.137. The van der Waals surface area contributed by atoms with Crippen LogP contribution < -0.4 is 0 Å². The number of ketones is 1. The van der Waals surface area contributed by atoms with Gasteiger partial charge in [-0.2, -0.15) is 13.2 Å². The summed E-state index contributed by atoms with van der Waals surface area (Å²) >= 11 is 5.84. The monoisotopic (exact) mass is 463 g/mol. The largest absolute Gasteiger partial charge is 0.416 e. The molecule has 0 radical (unpaired) electrons. The molecule has 0 bridgehead atoms. The normalized spacial score (nSPS) is 12.3. The molecule has 0 saturated carbocycles. The van der Waals surface area contributed by atoms with Gasteiger partial charge in [0.05, 0.1) is 10.5 Å². The second-order valence-corrected chi connectivity index (χ2v) is 9.09. The number of benzene rings is 3. The van der Waals surface area contributed by atoms with Gasteiger partial charge in [-0.1, -0.05) is 29.8 Å². The van der Waals surface area contributed by atoms with Gasteiger partial charge in [0.2, 0.25) is 9.84 Å². The van der Waals surface area contributed by atoms with Crippen LogP contribution in [0.3, 0.4) is 0 Å². The number of alkyl halides is 3. The van der Waals surface area contributed by atoms with Gasteiger partial charge >= 0.3 is 6.18 Å². The van der Waals surface area contributed by atoms with Crippen molar-refractivity contribution >= 4 is 38.1 Å². The lowest BCUT2D eigenvalue weighted by atomic mass is 10.0. The van der Waals surface area contributed by atoms with E-state index in [0.29, 0.717) is 10.4 Å². The molecule has 158 valence electrons. The van der Waals surface area contributed by atoms with E-state index >= 15 is 0 Å². The van der Waals surface area contributed by atoms with Crippen molar-refractivity contribution in [1.82, 2.24) is 4.98 Å². The van der Waals surface area contributed by atoms with E-state index in [0.717, 1.165) is 12.1 Å². The van der Waals surface area contributed by atoms with E-state index in [4.69, 9.17) is 11.6 Å². The number of carbonyl (C=O) groups excluding carboxylic acids is 1. The summed E-state index contributed by atoms with van der Waals surface area (Å²) in [5.74, 6) is -0.522. The summed E-state index contributed by atoms with van der Waals surface area (Å²) in [6.45, 7) is 0. The Morgan fingerprint density at radius 3 is 2.26 bits per heavy atom. The van der Waals surface area contributed by atoms with Crippen molar-refractivity contribution in [2.24, 2.45) is 0 Å². The molecule has 0 aliphatic heterocycles. The molecule has 1 heterocycles. The summed E-state index contributed by atoms with van der Waals surface area (Å²) in [5, 5.41) is 0.417. The SMILES string of the molecule is O=C(c1ccc(Cl)cc1)c1ccccc1S(=O)(=O)c1cc2ccc(C(F)(F)F)cc2[nH]1. The Morgan fingerprint density at radius 2 is 1.58 bits per heavy atom. The topological polar surface area (TPSA) is 67.0 Å². The average Bonchev–Trinajstić information content (AvgIpc) is 3.17. The lowest BCUT2D eigenvalue weighted by Gasteiger charge is -2.09. The minimum absolute atomic E-state index is 0.0231. The third-order valence-corrected chi connectivity index (χ3v) is 6.73. The highest BCUT2D eigenvalue weighted by Crippen LogP contribution is 2.33. The van der Waals surface area contributed by atoms with E-state index < -0.39 is 27.4 Å². The van der Waals surface area contributed by atoms with Crippen molar-refractivity contribution in [2.45, 2.75) is 16.1 Å². The number of hydrogen-bond donors (Lipinski definition) is 1. The summed E-state index contributed by atoms with van der Waals surface area (Å²) in [4.78, 5) is 15.2. The molecule has 4 rings (SSSR count). The Kier molecular flexibility index (Phi) is 5.15. The number of nitrogens with one attached hydrogen (secondary N) is 1. The predicted octanol–water partition coefficient (Wildman–Crippen LogP) is 5.90. The fourth-order valence-corrected chi connectivity index (χ4v) is 4.78. The van der Waals surface area contributed by atoms with E-state index in [1.54, 1.807) is 0 Å². The van der Waals surface area contributed by atoms with Gasteiger partial charge in [-0.3, -0.25) is 4.79 Å². The third-order valence-electron chi connectivity index (χ3n) is 4.74. The first kappa shape index (κ1) is 21.1. The van der Waals surface area contributed by atoms with Crippen molar-refractivity contribution in [3.05, 3.63) is 94.5 Å². The number of hydrogen-bond acceptors (Lipinski definition) is 3. The first-order chi connectivity index (χ1) is 14.6. The van der Waals surface area contributed by atoms with E-state index in [1.165, 1.54) is 60.7 Å². The minimum atomic E-state index is -4.56. The highest BCUT2D eigenvalue weighted by molar-refractivity contribution is 7.91. The maximum atomic E-state index is 13.3. The molecule has 0 saturated heterocycles. The molecule has 0 amide bonds. The fraction of sp³-hybridized carbons (Fsp3) is 0.0455. The molecule has 0 spiro atoms. The molecule has 4 aromatic rings. The van der Waals surface area contributed by atoms with Gasteiger partial charge in [0, 0.05) is 27.1 Å². The molecule has 0 aliphatic rings. The number of H-pyrrole nitrogens is 1. The Balaban J connectivity index is 1.81. The molecule has 9 heteroatoms. The molecular formula is C22H13ClF3NO3S. The van der Waals surface area contributed by atoms with Crippen LogP contribution in [0.2, 0.25) is 5.02 Å². The van der Waals surface area contributed by atoms with Crippen LogP contribution in [0, 0.1) is 0 Å². The van der Waals surface area contributed by atoms with Gasteiger partial charge in [0.15, 0.2) is 5.78 Å². The molecular weight excluding hydrogens is 451 g/mol. The zero-order valence-electron chi connectivity index (χ0n) is 15.6. The van der Waals surface area contributed by atoms with E-state index in [2.05, 4.69) is 4.98 Å². The van der Waals surface area contributed by atoms with Crippen LogP contribution in [0.15, 0.2) is 82.7 Å². The molecule has 1 N–H and O–H groups in total. The fourth-order valence-electron chi connectivity index (χ4n) is 3.19. The summed E-state index contributed by atoms with van der Waals surface area (Å²) in [6.07, 6.45) is -4.56. The number of halogens is 4. The molecule has 0 fully saturated rings. The van der Waals surface area contributed by atoms with Gasteiger partial charge in [-0.05, 0) is 54.6 Å². The number of carbonyl (C=O) groups is 1. The van der Waals surface area contributed by atoms with E-state index in [1.807, 2.05) is 0 Å². The van der Waals surface area contributed by atoms with Gasteiger partial charge < -0.3 is 4.98 Å². The van der Waals surface area contributed by atoms with E-state index in [-0.39, 0.29) is 26.6 Å². The lowest BCUT2D eigenvalue weighted by Crippen LogP contribution is -2.11. The van der Waals surface area contributed by atoms with Crippen LogP contribution in [0.1, 0.15) is 21.5 Å². The van der Waals surface area contributed by atoms with E-state index in [9.17, 15) is 26.4 Å². The summed E-state index contributed by atoms with van der Waals surface area (Å²) in [5.41, 5.74) is -0.683. The Morgan fingerprint density at radius 1 is 0.903 bits per heavy atom. The first-order valence-electron chi connectivity index (χ1n) is 8.92. The molecule has 4 nitrogen and oxygen atoms in total. The van der Waals surface area contributed by atoms with Gasteiger partial charge in [-0.15, -0.1) is 0 Å². The smallest absolute Gasteiger partial charge is 0.345 e. The quantitative estimate of drug-likeness (QED) is 0.383. The van der Waals surface area contributed by atoms with Crippen LogP contribution in [-0.4, -0.2) is 19.2 Å². The van der Waals surface area contributed by atoms with Crippen LogP contribution >= 0.6 is 11.6 Å². The average molecular weight is 464 g/mol. The number of rotatable bonds is 4. The number of aromatic nitrogens is 1. The Hall–Kier alpha value is -3.10. The Labute approximate surface area is 180 Å². The van der Waals surface area contributed by atoms with Crippen LogP contribution in [0.25, 0.3) is 10.9 Å². The zero-order chi connectivity index (χ0) is 22.4. The second-order valence-electron chi connectivity index (χ2n) is 6.77. The molecule has 0 aliphatic carbocycles. The van der Waals surface area contributed by atoms with Crippen molar-refractivity contribution in [2.75, 3.05) is 0 Å². The highest BCUT2D eigenvalue weighted by Gasteiger charge is 2.31. The maximum absolute atomic E-state index is 13.3. The first-order valence-corrected chi connectivity index (χ1v) is 10.8.